The number of hydrogen-bond donors (Lipinski definition) is 3. The highest BCUT2D eigenvalue weighted by Gasteiger charge is 2.31. The number of nitrogens with zero attached hydrogens (tertiary/aromatic N) is 3. The van der Waals surface area contributed by atoms with E-state index in [9.17, 15) is 18.0 Å². The average Bonchev–Trinajstić information content (AvgIpc) is 3.17. The van der Waals surface area contributed by atoms with Crippen LogP contribution in [0.4, 0.5) is 19.0 Å². The number of nitrogens with one attached hydrogen (secondary N) is 2. The van der Waals surface area contributed by atoms with E-state index in [0.29, 0.717) is 17.5 Å². The summed E-state index contributed by atoms with van der Waals surface area (Å²) in [6.45, 7) is 0.286. The lowest BCUT2D eigenvalue weighted by molar-refractivity contribution is -0.274. The van der Waals surface area contributed by atoms with Gasteiger partial charge < -0.3 is 25.0 Å². The molecule has 0 bridgehead atoms. The van der Waals surface area contributed by atoms with E-state index < -0.39 is 18.0 Å². The Kier molecular flexibility index (Phi) is 7.75. The van der Waals surface area contributed by atoms with Gasteiger partial charge in [-0.05, 0) is 36.2 Å². The van der Waals surface area contributed by atoms with Crippen LogP contribution in [0.15, 0.2) is 48.5 Å². The number of ether oxygens (including phenoxy) is 1. The number of alkyl halides is 3. The van der Waals surface area contributed by atoms with Crippen molar-refractivity contribution in [1.29, 1.82) is 5.26 Å². The molecule has 0 unspecified atom stereocenters. The van der Waals surface area contributed by atoms with E-state index in [4.69, 9.17) is 10.4 Å². The first-order valence-corrected chi connectivity index (χ1v) is 10.3. The van der Waals surface area contributed by atoms with Crippen LogP contribution in [0.5, 0.6) is 5.75 Å². The molecule has 0 atom stereocenters. The molecule has 178 valence electrons. The lowest BCUT2D eigenvalue weighted by Crippen LogP contribution is -2.28. The van der Waals surface area contributed by atoms with Crippen LogP contribution < -0.4 is 15.4 Å². The second kappa shape index (κ2) is 10.7. The van der Waals surface area contributed by atoms with Gasteiger partial charge in [-0.3, -0.25) is 4.79 Å². The molecule has 0 aliphatic rings. The van der Waals surface area contributed by atoms with Crippen molar-refractivity contribution in [2.45, 2.75) is 19.3 Å². The van der Waals surface area contributed by atoms with Crippen molar-refractivity contribution >= 4 is 11.7 Å². The average molecular weight is 473 g/mol. The molecule has 3 rings (SSSR count). The topological polar surface area (TPSA) is 112 Å². The Morgan fingerprint density at radius 3 is 2.59 bits per heavy atom. The second-order valence-corrected chi connectivity index (χ2v) is 7.19. The van der Waals surface area contributed by atoms with E-state index in [1.165, 1.54) is 18.2 Å². The van der Waals surface area contributed by atoms with Gasteiger partial charge in [-0.25, -0.2) is 4.98 Å². The third kappa shape index (κ3) is 6.05. The highest BCUT2D eigenvalue weighted by Crippen LogP contribution is 2.31. The maximum absolute atomic E-state index is 13.0. The van der Waals surface area contributed by atoms with Crippen LogP contribution in [0.25, 0.3) is 11.4 Å². The molecule has 0 radical (unpaired) electrons. The molecule has 8 nitrogen and oxygen atoms in total. The number of rotatable bonds is 9. The standard InChI is InChI=1S/C23H22F3N5O3/c1-28-20-19(22(33)29-10-3-11-32)31(14-16-8-6-15(13-27)7-9-16)21(30-20)17-4-2-5-18(12-17)34-23(24,25)26/h2,4-9,12,28,32H,3,10-11,14H2,1H3,(H,29,33). The smallest absolute Gasteiger partial charge is 0.406 e. The Bertz CT molecular complexity index is 1180. The van der Waals surface area contributed by atoms with Gasteiger partial charge in [-0.15, -0.1) is 13.2 Å². The molecular formula is C23H22F3N5O3. The molecule has 0 fully saturated rings. The van der Waals surface area contributed by atoms with Gasteiger partial charge in [0.05, 0.1) is 11.6 Å². The van der Waals surface area contributed by atoms with Gasteiger partial charge in [0.15, 0.2) is 11.5 Å². The molecule has 1 amide bonds. The zero-order chi connectivity index (χ0) is 24.7. The first-order chi connectivity index (χ1) is 16.3. The largest absolute Gasteiger partial charge is 0.573 e. The zero-order valence-corrected chi connectivity index (χ0v) is 18.2. The van der Waals surface area contributed by atoms with Gasteiger partial charge in [0.2, 0.25) is 0 Å². The zero-order valence-electron chi connectivity index (χ0n) is 18.2. The van der Waals surface area contributed by atoms with Crippen LogP contribution in [0.1, 0.15) is 28.0 Å². The van der Waals surface area contributed by atoms with Crippen molar-refractivity contribution < 1.29 is 27.8 Å². The number of aliphatic hydroxyl groups excluding tert-OH is 1. The van der Waals surface area contributed by atoms with E-state index >= 15 is 0 Å². The van der Waals surface area contributed by atoms with Gasteiger partial charge in [-0.2, -0.15) is 5.26 Å². The first-order valence-electron chi connectivity index (χ1n) is 10.3. The maximum Gasteiger partial charge on any atom is 0.573 e. The summed E-state index contributed by atoms with van der Waals surface area (Å²) in [6, 6.07) is 14.1. The molecule has 2 aromatic carbocycles. The lowest BCUT2D eigenvalue weighted by Gasteiger charge is -2.14. The van der Waals surface area contributed by atoms with E-state index in [2.05, 4.69) is 20.4 Å². The SMILES string of the molecule is CNc1nc(-c2cccc(OC(F)(F)F)c2)n(Cc2ccc(C#N)cc2)c1C(=O)NCCCO. The van der Waals surface area contributed by atoms with Crippen LogP contribution >= 0.6 is 0 Å². The molecular weight excluding hydrogens is 451 g/mol. The summed E-state index contributed by atoms with van der Waals surface area (Å²) in [7, 11) is 1.58. The van der Waals surface area contributed by atoms with Gasteiger partial charge in [0.25, 0.3) is 5.91 Å². The van der Waals surface area contributed by atoms with Crippen molar-refractivity contribution in [3.8, 4) is 23.2 Å². The molecule has 0 spiro atoms. The highest BCUT2D eigenvalue weighted by molar-refractivity contribution is 5.98. The number of halogens is 3. The molecule has 11 heteroatoms. The van der Waals surface area contributed by atoms with Crippen LogP contribution in [0.2, 0.25) is 0 Å². The third-order valence-corrected chi connectivity index (χ3v) is 4.79. The van der Waals surface area contributed by atoms with Gasteiger partial charge in [0.1, 0.15) is 11.6 Å². The number of hydrogen-bond acceptors (Lipinski definition) is 6. The minimum absolute atomic E-state index is 0.0963. The summed E-state index contributed by atoms with van der Waals surface area (Å²) in [5, 5.41) is 23.6. The van der Waals surface area contributed by atoms with Crippen molar-refractivity contribution in [1.82, 2.24) is 14.9 Å². The minimum Gasteiger partial charge on any atom is -0.406 e. The lowest BCUT2D eigenvalue weighted by atomic mass is 10.1. The van der Waals surface area contributed by atoms with Gasteiger partial charge in [-0.1, -0.05) is 24.3 Å². The Balaban J connectivity index is 2.10. The molecule has 1 heterocycles. The predicted molar refractivity (Wildman–Crippen MR) is 118 cm³/mol. The Morgan fingerprint density at radius 2 is 1.97 bits per heavy atom. The number of aromatic nitrogens is 2. The van der Waals surface area contributed by atoms with E-state index in [0.717, 1.165) is 5.56 Å². The predicted octanol–water partition coefficient (Wildman–Crippen LogP) is 3.52. The fourth-order valence-corrected chi connectivity index (χ4v) is 3.30. The summed E-state index contributed by atoms with van der Waals surface area (Å²) in [6.07, 6.45) is -4.50. The third-order valence-electron chi connectivity index (χ3n) is 4.79. The molecule has 0 aliphatic carbocycles. The number of benzene rings is 2. The number of nitriles is 1. The molecule has 0 aliphatic heterocycles. The fourth-order valence-electron chi connectivity index (χ4n) is 3.30. The molecule has 3 aromatic rings. The van der Waals surface area contributed by atoms with Crippen LogP contribution in [0.3, 0.4) is 0 Å². The Labute approximate surface area is 193 Å². The van der Waals surface area contributed by atoms with Crippen molar-refractivity contribution in [3.63, 3.8) is 0 Å². The summed E-state index contributed by atoms with van der Waals surface area (Å²) in [5.41, 5.74) is 1.68. The van der Waals surface area contributed by atoms with Crippen LogP contribution in [0, 0.1) is 11.3 Å². The van der Waals surface area contributed by atoms with E-state index in [-0.39, 0.29) is 37.0 Å². The fraction of sp³-hybridized carbons (Fsp3) is 0.261. The number of carbonyl (C=O) groups is 1. The second-order valence-electron chi connectivity index (χ2n) is 7.19. The Hall–Kier alpha value is -4.04. The summed E-state index contributed by atoms with van der Waals surface area (Å²) in [4.78, 5) is 17.5. The number of anilines is 1. The van der Waals surface area contributed by atoms with Crippen LogP contribution in [-0.2, 0) is 6.54 Å². The maximum atomic E-state index is 13.0. The highest BCUT2D eigenvalue weighted by atomic mass is 19.4. The number of imidazole rings is 1. The quantitative estimate of drug-likeness (QED) is 0.410. The van der Waals surface area contributed by atoms with E-state index in [1.807, 2.05) is 6.07 Å². The summed E-state index contributed by atoms with van der Waals surface area (Å²) >= 11 is 0. The molecule has 34 heavy (non-hydrogen) atoms. The van der Waals surface area contributed by atoms with Gasteiger partial charge >= 0.3 is 6.36 Å². The van der Waals surface area contributed by atoms with E-state index in [1.54, 1.807) is 41.9 Å². The normalized spacial score (nSPS) is 11.1. The van der Waals surface area contributed by atoms with Crippen molar-refractivity contribution in [3.05, 3.63) is 65.4 Å². The number of aliphatic hydroxyl groups is 1. The monoisotopic (exact) mass is 473 g/mol. The number of amides is 1. The van der Waals surface area contributed by atoms with Crippen molar-refractivity contribution in [2.24, 2.45) is 0 Å². The molecule has 0 saturated heterocycles. The number of carbonyl (C=O) groups excluding carboxylic acids is 1. The Morgan fingerprint density at radius 1 is 1.24 bits per heavy atom. The van der Waals surface area contributed by atoms with Crippen LogP contribution in [-0.4, -0.2) is 47.1 Å². The first kappa shape index (κ1) is 24.6. The van der Waals surface area contributed by atoms with Gasteiger partial charge in [0, 0.05) is 32.3 Å². The minimum atomic E-state index is -4.86. The van der Waals surface area contributed by atoms with Crippen molar-refractivity contribution in [2.75, 3.05) is 25.5 Å². The molecule has 3 N–H and O–H groups in total. The molecule has 0 saturated carbocycles. The summed E-state index contributed by atoms with van der Waals surface area (Å²) in [5.74, 6) is -0.410. The summed E-state index contributed by atoms with van der Waals surface area (Å²) < 4.78 is 43.8. The molecule has 1 aromatic heterocycles.